The van der Waals surface area contributed by atoms with Gasteiger partial charge in [-0.2, -0.15) is 0 Å². The lowest BCUT2D eigenvalue weighted by atomic mass is 10.3. The van der Waals surface area contributed by atoms with Crippen molar-refractivity contribution in [2.45, 2.75) is 4.90 Å². The van der Waals surface area contributed by atoms with Crippen LogP contribution < -0.4 is 5.32 Å². The molecule has 0 fully saturated rings. The maximum atomic E-state index is 11.8. The van der Waals surface area contributed by atoms with Gasteiger partial charge in [-0.3, -0.25) is 4.79 Å². The number of phenolic OH excluding ortho intramolecular Hbond substituents is 1. The molecule has 0 saturated carbocycles. The fourth-order valence-electron chi connectivity index (χ4n) is 1.48. The highest BCUT2D eigenvalue weighted by Crippen LogP contribution is 2.29. The third kappa shape index (κ3) is 4.07. The van der Waals surface area contributed by atoms with E-state index in [1.54, 1.807) is 42.5 Å². The predicted octanol–water partition coefficient (Wildman–Crippen LogP) is 4.43. The Bertz CT molecular complexity index is 617. The van der Waals surface area contributed by atoms with Crippen molar-refractivity contribution in [3.8, 4) is 5.75 Å². The van der Waals surface area contributed by atoms with E-state index < -0.39 is 0 Å². The number of hydrogen-bond acceptors (Lipinski definition) is 3. The van der Waals surface area contributed by atoms with Crippen molar-refractivity contribution in [3.05, 3.63) is 52.5 Å². The van der Waals surface area contributed by atoms with Gasteiger partial charge in [0, 0.05) is 4.90 Å². The van der Waals surface area contributed by atoms with Crippen molar-refractivity contribution in [1.29, 1.82) is 0 Å². The van der Waals surface area contributed by atoms with Gasteiger partial charge < -0.3 is 10.4 Å². The first-order chi connectivity index (χ1) is 9.56. The molecule has 104 valence electrons. The maximum Gasteiger partial charge on any atom is 0.234 e. The largest absolute Gasteiger partial charge is 0.508 e. The lowest BCUT2D eigenvalue weighted by molar-refractivity contribution is -0.113. The molecule has 2 aromatic rings. The standard InChI is InChI=1S/C14H11Cl2NO2S/c15-11-2-1-3-12(14(11)16)17-13(19)8-20-10-6-4-9(18)5-7-10/h1-7,18H,8H2,(H,17,19). The number of aromatic hydroxyl groups is 1. The number of carbonyl (C=O) groups is 1. The molecule has 0 atom stereocenters. The number of nitrogens with one attached hydrogen (secondary N) is 1. The molecule has 2 N–H and O–H groups in total. The Morgan fingerprint density at radius 3 is 2.55 bits per heavy atom. The molecule has 0 heterocycles. The zero-order valence-corrected chi connectivity index (χ0v) is 12.6. The van der Waals surface area contributed by atoms with Crippen LogP contribution in [0.1, 0.15) is 0 Å². The van der Waals surface area contributed by atoms with E-state index in [1.165, 1.54) is 11.8 Å². The first-order valence-corrected chi connectivity index (χ1v) is 7.46. The highest BCUT2D eigenvalue weighted by Gasteiger charge is 2.08. The fourth-order valence-corrected chi connectivity index (χ4v) is 2.52. The van der Waals surface area contributed by atoms with Crippen LogP contribution in [-0.4, -0.2) is 16.8 Å². The molecule has 3 nitrogen and oxygen atoms in total. The molecule has 0 unspecified atom stereocenters. The molecule has 0 aliphatic heterocycles. The van der Waals surface area contributed by atoms with E-state index in [1.807, 2.05) is 0 Å². The van der Waals surface area contributed by atoms with E-state index in [0.717, 1.165) is 4.90 Å². The van der Waals surface area contributed by atoms with Crippen LogP contribution in [0, 0.1) is 0 Å². The molecule has 0 aliphatic rings. The molecule has 0 radical (unpaired) electrons. The summed E-state index contributed by atoms with van der Waals surface area (Å²) in [7, 11) is 0. The molecule has 0 aromatic heterocycles. The van der Waals surface area contributed by atoms with Crippen LogP contribution in [-0.2, 0) is 4.79 Å². The monoisotopic (exact) mass is 327 g/mol. The van der Waals surface area contributed by atoms with Gasteiger partial charge in [0.05, 0.1) is 21.5 Å². The number of amides is 1. The normalized spacial score (nSPS) is 10.3. The van der Waals surface area contributed by atoms with E-state index in [-0.39, 0.29) is 17.4 Å². The second kappa shape index (κ2) is 6.88. The van der Waals surface area contributed by atoms with Crippen LogP contribution in [0.25, 0.3) is 0 Å². The Hall–Kier alpha value is -1.36. The Balaban J connectivity index is 1.92. The second-order valence-corrected chi connectivity index (χ2v) is 5.77. The first-order valence-electron chi connectivity index (χ1n) is 5.72. The molecule has 0 aliphatic carbocycles. The molecule has 20 heavy (non-hydrogen) atoms. The highest BCUT2D eigenvalue weighted by atomic mass is 35.5. The Labute approximate surface area is 130 Å². The molecule has 2 rings (SSSR count). The Morgan fingerprint density at radius 2 is 1.85 bits per heavy atom. The van der Waals surface area contributed by atoms with Crippen molar-refractivity contribution < 1.29 is 9.90 Å². The minimum absolute atomic E-state index is 0.174. The molecule has 0 spiro atoms. The van der Waals surface area contributed by atoms with E-state index in [2.05, 4.69) is 5.32 Å². The molecular weight excluding hydrogens is 317 g/mol. The van der Waals surface area contributed by atoms with Gasteiger partial charge in [-0.15, -0.1) is 11.8 Å². The Morgan fingerprint density at radius 1 is 1.15 bits per heavy atom. The number of rotatable bonds is 4. The van der Waals surface area contributed by atoms with E-state index in [9.17, 15) is 4.79 Å². The predicted molar refractivity (Wildman–Crippen MR) is 83.9 cm³/mol. The first kappa shape index (κ1) is 15.0. The highest BCUT2D eigenvalue weighted by molar-refractivity contribution is 8.00. The smallest absolute Gasteiger partial charge is 0.234 e. The summed E-state index contributed by atoms with van der Waals surface area (Å²) in [5.41, 5.74) is 0.496. The minimum atomic E-state index is -0.174. The summed E-state index contributed by atoms with van der Waals surface area (Å²) in [6, 6.07) is 11.7. The summed E-state index contributed by atoms with van der Waals surface area (Å²) in [5, 5.41) is 12.6. The van der Waals surface area contributed by atoms with Crippen LogP contribution in [0.5, 0.6) is 5.75 Å². The van der Waals surface area contributed by atoms with Gasteiger partial charge in [-0.1, -0.05) is 29.3 Å². The molecule has 6 heteroatoms. The molecular formula is C14H11Cl2NO2S. The van der Waals surface area contributed by atoms with Gasteiger partial charge in [0.2, 0.25) is 5.91 Å². The van der Waals surface area contributed by atoms with Crippen molar-refractivity contribution >= 4 is 46.6 Å². The zero-order valence-electron chi connectivity index (χ0n) is 10.3. The number of benzene rings is 2. The van der Waals surface area contributed by atoms with E-state index >= 15 is 0 Å². The Kier molecular flexibility index (Phi) is 5.17. The summed E-state index contributed by atoms with van der Waals surface area (Å²) >= 11 is 13.2. The topological polar surface area (TPSA) is 49.3 Å². The molecule has 0 bridgehead atoms. The lowest BCUT2D eigenvalue weighted by Crippen LogP contribution is -2.14. The minimum Gasteiger partial charge on any atom is -0.508 e. The van der Waals surface area contributed by atoms with Crippen LogP contribution in [0.2, 0.25) is 10.0 Å². The fraction of sp³-hybridized carbons (Fsp3) is 0.0714. The van der Waals surface area contributed by atoms with Gasteiger partial charge in [0.25, 0.3) is 0 Å². The number of anilines is 1. The van der Waals surface area contributed by atoms with Gasteiger partial charge in [0.15, 0.2) is 0 Å². The summed E-state index contributed by atoms with van der Waals surface area (Å²) < 4.78 is 0. The van der Waals surface area contributed by atoms with Gasteiger partial charge >= 0.3 is 0 Å². The number of carbonyl (C=O) groups excluding carboxylic acids is 1. The zero-order chi connectivity index (χ0) is 14.5. The summed E-state index contributed by atoms with van der Waals surface area (Å²) in [6.45, 7) is 0. The van der Waals surface area contributed by atoms with E-state index in [4.69, 9.17) is 28.3 Å². The van der Waals surface area contributed by atoms with Crippen LogP contribution in [0.3, 0.4) is 0 Å². The summed E-state index contributed by atoms with van der Waals surface area (Å²) in [4.78, 5) is 12.7. The van der Waals surface area contributed by atoms with E-state index in [0.29, 0.717) is 15.7 Å². The lowest BCUT2D eigenvalue weighted by Gasteiger charge is -2.08. The van der Waals surface area contributed by atoms with Crippen LogP contribution in [0.4, 0.5) is 5.69 Å². The number of thioether (sulfide) groups is 1. The number of phenols is 1. The average molecular weight is 328 g/mol. The number of hydrogen-bond donors (Lipinski definition) is 2. The quantitative estimate of drug-likeness (QED) is 0.816. The third-order valence-electron chi connectivity index (χ3n) is 2.43. The van der Waals surface area contributed by atoms with Crippen molar-refractivity contribution in [2.24, 2.45) is 0 Å². The summed E-state index contributed by atoms with van der Waals surface area (Å²) in [6.07, 6.45) is 0. The average Bonchev–Trinajstić information content (AvgIpc) is 2.43. The summed E-state index contributed by atoms with van der Waals surface area (Å²) in [5.74, 6) is 0.268. The van der Waals surface area contributed by atoms with Gasteiger partial charge in [-0.05, 0) is 36.4 Å². The van der Waals surface area contributed by atoms with Crippen molar-refractivity contribution in [3.63, 3.8) is 0 Å². The SMILES string of the molecule is O=C(CSc1ccc(O)cc1)Nc1cccc(Cl)c1Cl. The van der Waals surface area contributed by atoms with Crippen molar-refractivity contribution in [2.75, 3.05) is 11.1 Å². The maximum absolute atomic E-state index is 11.8. The molecule has 2 aromatic carbocycles. The third-order valence-corrected chi connectivity index (χ3v) is 4.26. The number of halogens is 2. The molecule has 1 amide bonds. The van der Waals surface area contributed by atoms with Gasteiger partial charge in [0.1, 0.15) is 5.75 Å². The second-order valence-electron chi connectivity index (χ2n) is 3.93. The van der Waals surface area contributed by atoms with Crippen molar-refractivity contribution in [1.82, 2.24) is 0 Å². The van der Waals surface area contributed by atoms with Crippen LogP contribution in [0.15, 0.2) is 47.4 Å². The van der Waals surface area contributed by atoms with Crippen LogP contribution >= 0.6 is 35.0 Å². The molecule has 0 saturated heterocycles. The van der Waals surface area contributed by atoms with Gasteiger partial charge in [-0.25, -0.2) is 0 Å².